The lowest BCUT2D eigenvalue weighted by Gasteiger charge is -2.15. The van der Waals surface area contributed by atoms with Crippen LogP contribution in [0.3, 0.4) is 0 Å². The third-order valence-corrected chi connectivity index (χ3v) is 4.69. The molecular weight excluding hydrogens is 378 g/mol. The van der Waals surface area contributed by atoms with Crippen molar-refractivity contribution in [2.24, 2.45) is 0 Å². The van der Waals surface area contributed by atoms with Crippen molar-refractivity contribution in [1.29, 1.82) is 0 Å². The molecule has 0 saturated heterocycles. The van der Waals surface area contributed by atoms with Crippen LogP contribution in [0.5, 0.6) is 0 Å². The number of carbonyl (C=O) groups is 3. The van der Waals surface area contributed by atoms with Crippen molar-refractivity contribution in [2.75, 3.05) is 5.32 Å². The van der Waals surface area contributed by atoms with E-state index in [1.54, 1.807) is 36.4 Å². The molecule has 0 bridgehead atoms. The van der Waals surface area contributed by atoms with Gasteiger partial charge in [-0.15, -0.1) is 0 Å². The summed E-state index contributed by atoms with van der Waals surface area (Å²) in [5.41, 5.74) is 3.44. The van der Waals surface area contributed by atoms with E-state index in [2.05, 4.69) is 5.32 Å². The second kappa shape index (κ2) is 9.65. The highest BCUT2D eigenvalue weighted by atomic mass is 16.5. The van der Waals surface area contributed by atoms with Gasteiger partial charge in [-0.2, -0.15) is 0 Å². The van der Waals surface area contributed by atoms with E-state index < -0.39 is 18.0 Å². The van der Waals surface area contributed by atoms with Crippen LogP contribution in [0, 0.1) is 0 Å². The van der Waals surface area contributed by atoms with Crippen LogP contribution in [0.15, 0.2) is 78.9 Å². The van der Waals surface area contributed by atoms with Gasteiger partial charge in [-0.05, 0) is 61.7 Å². The first-order valence-electron chi connectivity index (χ1n) is 9.68. The Bertz CT molecular complexity index is 1040. The van der Waals surface area contributed by atoms with Crippen LogP contribution in [0.2, 0.25) is 0 Å². The smallest absolute Gasteiger partial charge is 0.339 e. The lowest BCUT2D eigenvalue weighted by Crippen LogP contribution is -2.30. The second-order valence-electron chi connectivity index (χ2n) is 6.99. The monoisotopic (exact) mass is 401 g/mol. The number of ether oxygens (including phenoxy) is 1. The van der Waals surface area contributed by atoms with Gasteiger partial charge in [-0.25, -0.2) is 4.79 Å². The number of ketones is 1. The van der Waals surface area contributed by atoms with E-state index in [1.165, 1.54) is 13.8 Å². The number of hydrogen-bond acceptors (Lipinski definition) is 4. The first-order chi connectivity index (χ1) is 14.4. The van der Waals surface area contributed by atoms with Crippen molar-refractivity contribution in [3.63, 3.8) is 0 Å². The van der Waals surface area contributed by atoms with Gasteiger partial charge < -0.3 is 10.1 Å². The summed E-state index contributed by atoms with van der Waals surface area (Å²) in [5, 5.41) is 2.69. The number of rotatable bonds is 7. The fourth-order valence-electron chi connectivity index (χ4n) is 3.00. The number of amides is 1. The number of nitrogens with one attached hydrogen (secondary N) is 1. The van der Waals surface area contributed by atoms with Crippen molar-refractivity contribution in [3.05, 3.63) is 101 Å². The third kappa shape index (κ3) is 5.41. The average Bonchev–Trinajstić information content (AvgIpc) is 2.75. The van der Waals surface area contributed by atoms with Crippen molar-refractivity contribution < 1.29 is 19.1 Å². The average molecular weight is 401 g/mol. The number of hydrogen-bond donors (Lipinski definition) is 1. The summed E-state index contributed by atoms with van der Waals surface area (Å²) in [6, 6.07) is 23.6. The molecule has 0 aliphatic heterocycles. The second-order valence-corrected chi connectivity index (χ2v) is 6.99. The van der Waals surface area contributed by atoms with Gasteiger partial charge in [0.2, 0.25) is 0 Å². The number of carbonyl (C=O) groups excluding carboxylic acids is 3. The maximum Gasteiger partial charge on any atom is 0.339 e. The van der Waals surface area contributed by atoms with Crippen LogP contribution < -0.4 is 5.32 Å². The van der Waals surface area contributed by atoms with Gasteiger partial charge in [0.1, 0.15) is 0 Å². The SMILES string of the molecule is CC(=O)c1ccc(NC(=O)[C@H](C)OC(=O)c2ccccc2Cc2ccccc2)cc1. The molecule has 1 atom stereocenters. The molecule has 5 nitrogen and oxygen atoms in total. The van der Waals surface area contributed by atoms with Gasteiger partial charge in [-0.3, -0.25) is 9.59 Å². The molecule has 152 valence electrons. The molecule has 30 heavy (non-hydrogen) atoms. The van der Waals surface area contributed by atoms with E-state index in [0.717, 1.165) is 11.1 Å². The Morgan fingerprint density at radius 1 is 0.867 bits per heavy atom. The fourth-order valence-corrected chi connectivity index (χ4v) is 3.00. The predicted molar refractivity (Wildman–Crippen MR) is 116 cm³/mol. The molecule has 0 aromatic heterocycles. The zero-order valence-corrected chi connectivity index (χ0v) is 16.9. The summed E-state index contributed by atoms with van der Waals surface area (Å²) in [4.78, 5) is 36.5. The maximum atomic E-state index is 12.7. The maximum absolute atomic E-state index is 12.7. The van der Waals surface area contributed by atoms with Gasteiger partial charge in [0.25, 0.3) is 5.91 Å². The molecule has 0 aliphatic carbocycles. The van der Waals surface area contributed by atoms with Crippen LogP contribution in [0.25, 0.3) is 0 Å². The lowest BCUT2D eigenvalue weighted by molar-refractivity contribution is -0.123. The summed E-state index contributed by atoms with van der Waals surface area (Å²) in [7, 11) is 0. The summed E-state index contributed by atoms with van der Waals surface area (Å²) in [6.07, 6.45) is -0.385. The van der Waals surface area contributed by atoms with E-state index in [0.29, 0.717) is 23.2 Å². The molecule has 0 saturated carbocycles. The summed E-state index contributed by atoms with van der Waals surface area (Å²) >= 11 is 0. The number of anilines is 1. The third-order valence-electron chi connectivity index (χ3n) is 4.69. The van der Waals surface area contributed by atoms with Crippen LogP contribution in [0.1, 0.15) is 45.7 Å². The van der Waals surface area contributed by atoms with Gasteiger partial charge in [0.05, 0.1) is 5.56 Å². The first kappa shape index (κ1) is 21.0. The molecule has 0 heterocycles. The molecule has 3 rings (SSSR count). The van der Waals surface area contributed by atoms with Crippen molar-refractivity contribution in [1.82, 2.24) is 0 Å². The summed E-state index contributed by atoms with van der Waals surface area (Å²) < 4.78 is 5.41. The largest absolute Gasteiger partial charge is 0.449 e. The first-order valence-corrected chi connectivity index (χ1v) is 9.68. The summed E-state index contributed by atoms with van der Waals surface area (Å²) in [5.74, 6) is -1.04. The summed E-state index contributed by atoms with van der Waals surface area (Å²) in [6.45, 7) is 3.00. The molecule has 5 heteroatoms. The highest BCUT2D eigenvalue weighted by molar-refractivity contribution is 5.98. The fraction of sp³-hybridized carbons (Fsp3) is 0.160. The number of esters is 1. The van der Waals surface area contributed by atoms with E-state index in [4.69, 9.17) is 4.74 Å². The van der Waals surface area contributed by atoms with Gasteiger partial charge in [0, 0.05) is 11.3 Å². The Morgan fingerprint density at radius 2 is 1.50 bits per heavy atom. The highest BCUT2D eigenvalue weighted by Gasteiger charge is 2.21. The van der Waals surface area contributed by atoms with Gasteiger partial charge in [-0.1, -0.05) is 48.5 Å². The molecule has 3 aromatic carbocycles. The van der Waals surface area contributed by atoms with Crippen LogP contribution in [-0.2, 0) is 16.0 Å². The molecule has 1 N–H and O–H groups in total. The normalized spacial score (nSPS) is 11.4. The minimum Gasteiger partial charge on any atom is -0.449 e. The molecule has 0 spiro atoms. The van der Waals surface area contributed by atoms with E-state index in [-0.39, 0.29) is 5.78 Å². The lowest BCUT2D eigenvalue weighted by atomic mass is 10.00. The molecule has 3 aromatic rings. The predicted octanol–water partition coefficient (Wildman–Crippen LogP) is 4.66. The zero-order chi connectivity index (χ0) is 21.5. The molecule has 1 amide bonds. The van der Waals surface area contributed by atoms with Crippen molar-refractivity contribution >= 4 is 23.3 Å². The Hall–Kier alpha value is -3.73. The van der Waals surface area contributed by atoms with E-state index in [9.17, 15) is 14.4 Å². The topological polar surface area (TPSA) is 72.5 Å². The minimum atomic E-state index is -0.977. The van der Waals surface area contributed by atoms with Crippen molar-refractivity contribution in [2.45, 2.75) is 26.4 Å². The van der Waals surface area contributed by atoms with Crippen molar-refractivity contribution in [3.8, 4) is 0 Å². The number of benzene rings is 3. The van der Waals surface area contributed by atoms with Gasteiger partial charge in [0.15, 0.2) is 11.9 Å². The van der Waals surface area contributed by atoms with Gasteiger partial charge >= 0.3 is 5.97 Å². The van der Waals surface area contributed by atoms with Crippen LogP contribution in [0.4, 0.5) is 5.69 Å². The Labute approximate surface area is 175 Å². The minimum absolute atomic E-state index is 0.0515. The Kier molecular flexibility index (Phi) is 6.75. The standard InChI is InChI=1S/C25H23NO4/c1-17(27)20-12-14-22(15-13-20)26-24(28)18(2)30-25(29)23-11-7-6-10-21(23)16-19-8-4-3-5-9-19/h3-15,18H,16H2,1-2H3,(H,26,28)/t18-/m0/s1. The molecule has 0 aliphatic rings. The molecule has 0 radical (unpaired) electrons. The number of Topliss-reactive ketones (excluding diaryl/α,β-unsaturated/α-hetero) is 1. The molecule has 0 fully saturated rings. The molecular formula is C25H23NO4. The van der Waals surface area contributed by atoms with E-state index in [1.807, 2.05) is 42.5 Å². The van der Waals surface area contributed by atoms with Crippen LogP contribution in [-0.4, -0.2) is 23.8 Å². The quantitative estimate of drug-likeness (QED) is 0.461. The Morgan fingerprint density at radius 3 is 2.17 bits per heavy atom. The molecule has 0 unspecified atom stereocenters. The highest BCUT2D eigenvalue weighted by Crippen LogP contribution is 2.17. The Balaban J connectivity index is 1.65. The van der Waals surface area contributed by atoms with E-state index >= 15 is 0 Å². The van der Waals surface area contributed by atoms with Crippen LogP contribution >= 0.6 is 0 Å². The zero-order valence-electron chi connectivity index (χ0n) is 16.9.